The van der Waals surface area contributed by atoms with Crippen molar-refractivity contribution in [2.75, 3.05) is 37.4 Å². The molecule has 1 aliphatic rings. The molecule has 3 aromatic rings. The van der Waals surface area contributed by atoms with Crippen LogP contribution in [-0.4, -0.2) is 68.3 Å². The van der Waals surface area contributed by atoms with E-state index in [9.17, 15) is 9.18 Å². The number of likely N-dealkylation sites (N-methyl/N-ethyl adjacent to an activating group) is 1. The van der Waals surface area contributed by atoms with Gasteiger partial charge < -0.3 is 15.1 Å². The lowest BCUT2D eigenvalue weighted by Gasteiger charge is -2.32. The lowest BCUT2D eigenvalue weighted by Crippen LogP contribution is -2.43. The molecule has 1 fully saturated rings. The number of carbonyl (C=O) groups is 1. The predicted octanol–water partition coefficient (Wildman–Crippen LogP) is 2.90. The summed E-state index contributed by atoms with van der Waals surface area (Å²) in [4.78, 5) is 29.1. The summed E-state index contributed by atoms with van der Waals surface area (Å²) in [5.41, 5.74) is -0.685. The fourth-order valence-corrected chi connectivity index (χ4v) is 3.89. The van der Waals surface area contributed by atoms with E-state index >= 15 is 0 Å². The zero-order chi connectivity index (χ0) is 23.3. The quantitative estimate of drug-likeness (QED) is 0.652. The van der Waals surface area contributed by atoms with Crippen molar-refractivity contribution in [2.24, 2.45) is 0 Å². The second kappa shape index (κ2) is 7.77. The zero-order valence-electron chi connectivity index (χ0n) is 19.3. The number of rotatable bonds is 5. The van der Waals surface area contributed by atoms with E-state index in [-0.39, 0.29) is 17.1 Å². The van der Waals surface area contributed by atoms with E-state index in [0.717, 1.165) is 30.7 Å². The molecule has 9 nitrogen and oxygen atoms in total. The number of nitrogens with one attached hydrogen (secondary N) is 1. The third-order valence-corrected chi connectivity index (χ3v) is 6.13. The molecule has 3 aromatic heterocycles. The second-order valence-electron chi connectivity index (χ2n) is 9.30. The second-order valence-corrected chi connectivity index (χ2v) is 9.30. The Morgan fingerprint density at radius 3 is 2.66 bits per heavy atom. The summed E-state index contributed by atoms with van der Waals surface area (Å²) in [5, 5.41) is 8.39. The van der Waals surface area contributed by atoms with Crippen LogP contribution in [0.2, 0.25) is 0 Å². The van der Waals surface area contributed by atoms with Crippen LogP contribution in [-0.2, 0) is 10.5 Å². The van der Waals surface area contributed by atoms with Crippen LogP contribution >= 0.6 is 0 Å². The largest absolute Gasteiger partial charge is 0.353 e. The number of fused-ring (bicyclic) bond motifs is 1. The van der Waals surface area contributed by atoms with Gasteiger partial charge in [0.1, 0.15) is 11.5 Å². The molecule has 1 atom stereocenters. The Morgan fingerprint density at radius 1 is 1.28 bits per heavy atom. The maximum atomic E-state index is 14.5. The molecule has 0 aliphatic carbocycles. The van der Waals surface area contributed by atoms with Crippen LogP contribution in [0.5, 0.6) is 0 Å². The minimum absolute atomic E-state index is 0.0254. The molecule has 0 spiro atoms. The molecule has 0 radical (unpaired) electrons. The van der Waals surface area contributed by atoms with E-state index in [2.05, 4.69) is 51.1 Å². The number of pyridine rings is 1. The van der Waals surface area contributed by atoms with Gasteiger partial charge in [-0.05, 0) is 41.3 Å². The molecule has 1 aliphatic heterocycles. The van der Waals surface area contributed by atoms with Gasteiger partial charge in [0.15, 0.2) is 11.6 Å². The minimum atomic E-state index is -1.64. The van der Waals surface area contributed by atoms with Crippen LogP contribution in [0.3, 0.4) is 0 Å². The summed E-state index contributed by atoms with van der Waals surface area (Å²) in [6.07, 6.45) is 5.68. The summed E-state index contributed by atoms with van der Waals surface area (Å²) in [7, 11) is 4.17. The van der Waals surface area contributed by atoms with Gasteiger partial charge in [-0.15, -0.1) is 5.10 Å². The van der Waals surface area contributed by atoms with Crippen molar-refractivity contribution in [1.82, 2.24) is 29.6 Å². The molecule has 0 unspecified atom stereocenters. The van der Waals surface area contributed by atoms with E-state index < -0.39 is 5.67 Å². The number of anilines is 2. The Hall–Kier alpha value is -3.14. The van der Waals surface area contributed by atoms with Crippen LogP contribution in [0.15, 0.2) is 24.7 Å². The first kappa shape index (κ1) is 22.1. The first-order valence-corrected chi connectivity index (χ1v) is 10.6. The summed E-state index contributed by atoms with van der Waals surface area (Å²) in [6.45, 7) is 8.20. The van der Waals surface area contributed by atoms with Gasteiger partial charge in [-0.2, -0.15) is 0 Å². The minimum Gasteiger partial charge on any atom is -0.353 e. The number of hydrogen-bond acceptors (Lipinski definition) is 7. The van der Waals surface area contributed by atoms with Crippen LogP contribution in [0.4, 0.5) is 16.0 Å². The highest BCUT2D eigenvalue weighted by atomic mass is 19.1. The maximum absolute atomic E-state index is 14.5. The molecule has 4 rings (SSSR count). The molecule has 170 valence electrons. The molecular weight excluding hydrogens is 411 g/mol. The van der Waals surface area contributed by atoms with Crippen LogP contribution in [0.1, 0.15) is 39.8 Å². The van der Waals surface area contributed by atoms with Crippen molar-refractivity contribution in [3.63, 3.8) is 0 Å². The normalized spacial score (nSPS) is 19.2. The number of hydrogen-bond donors (Lipinski definition) is 1. The number of halogens is 1. The predicted molar refractivity (Wildman–Crippen MR) is 122 cm³/mol. The number of nitrogens with zero attached hydrogens (tertiary/aromatic N) is 7. The van der Waals surface area contributed by atoms with E-state index in [1.807, 2.05) is 0 Å². The Bertz CT molecular complexity index is 1170. The van der Waals surface area contributed by atoms with Crippen molar-refractivity contribution in [1.29, 1.82) is 0 Å². The summed E-state index contributed by atoms with van der Waals surface area (Å²) in [6, 6.07) is 1.75. The zero-order valence-corrected chi connectivity index (χ0v) is 19.3. The molecule has 0 saturated carbocycles. The van der Waals surface area contributed by atoms with Gasteiger partial charge in [-0.25, -0.2) is 19.0 Å². The smallest absolute Gasteiger partial charge is 0.222 e. The first-order chi connectivity index (χ1) is 15.0. The Morgan fingerprint density at radius 2 is 2.03 bits per heavy atom. The highest BCUT2D eigenvalue weighted by Gasteiger charge is 2.37. The van der Waals surface area contributed by atoms with E-state index in [4.69, 9.17) is 5.10 Å². The van der Waals surface area contributed by atoms with Crippen molar-refractivity contribution in [2.45, 2.75) is 45.3 Å². The molecule has 0 aromatic carbocycles. The molecule has 10 heteroatoms. The highest BCUT2D eigenvalue weighted by molar-refractivity contribution is 5.95. The van der Waals surface area contributed by atoms with Crippen LogP contribution in [0.25, 0.3) is 16.7 Å². The van der Waals surface area contributed by atoms with Crippen molar-refractivity contribution < 1.29 is 9.18 Å². The molecule has 32 heavy (non-hydrogen) atoms. The average Bonchev–Trinajstić information content (AvgIpc) is 3.28. The van der Waals surface area contributed by atoms with E-state index in [1.54, 1.807) is 23.1 Å². The van der Waals surface area contributed by atoms with E-state index in [0.29, 0.717) is 17.2 Å². The van der Waals surface area contributed by atoms with Gasteiger partial charge in [0.05, 0.1) is 29.0 Å². The van der Waals surface area contributed by atoms with Crippen molar-refractivity contribution in [3.8, 4) is 5.82 Å². The van der Waals surface area contributed by atoms with Crippen molar-refractivity contribution >= 4 is 28.4 Å². The first-order valence-electron chi connectivity index (χ1n) is 10.6. The molecule has 1 N–H and O–H groups in total. The van der Waals surface area contributed by atoms with E-state index in [1.165, 1.54) is 27.0 Å². The number of carbonyl (C=O) groups excluding carboxylic acids is 1. The third kappa shape index (κ3) is 4.02. The standard InChI is InChI=1S/C22H29FN8O/c1-14(32)26-18-9-16-15(10-25-18)20(30-8-7-22(4,13-30)29(5)6)28-31(16)19-12-24-11-17(27-19)21(2,3)23/h9-12H,7-8,13H2,1-6H3,(H,25,26,32)/t22-/m0/s1. The topological polar surface area (TPSA) is 92.1 Å². The number of amides is 1. The van der Waals surface area contributed by atoms with Gasteiger partial charge in [0.2, 0.25) is 5.91 Å². The molecular formula is C22H29FN8O. The molecule has 1 amide bonds. The van der Waals surface area contributed by atoms with Gasteiger partial charge in [-0.1, -0.05) is 0 Å². The Kier molecular flexibility index (Phi) is 5.36. The number of aromatic nitrogens is 5. The average molecular weight is 441 g/mol. The monoisotopic (exact) mass is 440 g/mol. The highest BCUT2D eigenvalue weighted by Crippen LogP contribution is 2.35. The molecule has 4 heterocycles. The van der Waals surface area contributed by atoms with Crippen LogP contribution < -0.4 is 10.2 Å². The third-order valence-electron chi connectivity index (χ3n) is 6.13. The molecule has 0 bridgehead atoms. The Balaban J connectivity index is 1.86. The molecule has 1 saturated heterocycles. The fourth-order valence-electron chi connectivity index (χ4n) is 3.89. The van der Waals surface area contributed by atoms with Crippen LogP contribution in [0, 0.1) is 0 Å². The Labute approximate surface area is 186 Å². The SMILES string of the molecule is CC(=O)Nc1cc2c(cn1)c(N1CC[C@](C)(N(C)C)C1)nn2-c1cncc(C(C)(C)F)n1. The summed E-state index contributed by atoms with van der Waals surface area (Å²) < 4.78 is 16.2. The van der Waals surface area contributed by atoms with Crippen molar-refractivity contribution in [3.05, 3.63) is 30.4 Å². The van der Waals surface area contributed by atoms with Gasteiger partial charge >= 0.3 is 0 Å². The van der Waals surface area contributed by atoms with Gasteiger partial charge in [0, 0.05) is 37.8 Å². The lowest BCUT2D eigenvalue weighted by molar-refractivity contribution is -0.114. The number of alkyl halides is 1. The fraction of sp³-hybridized carbons (Fsp3) is 0.500. The van der Waals surface area contributed by atoms with Gasteiger partial charge in [-0.3, -0.25) is 9.78 Å². The maximum Gasteiger partial charge on any atom is 0.222 e. The summed E-state index contributed by atoms with van der Waals surface area (Å²) >= 11 is 0. The van der Waals surface area contributed by atoms with Gasteiger partial charge in [0.25, 0.3) is 0 Å². The lowest BCUT2D eigenvalue weighted by atomic mass is 10.0. The summed E-state index contributed by atoms with van der Waals surface area (Å²) in [5.74, 6) is 1.37.